The quantitative estimate of drug-likeness (QED) is 0.218. The largest absolute Gasteiger partial charge is 0.493 e. The monoisotopic (exact) mass is 491 g/mol. The van der Waals surface area contributed by atoms with Gasteiger partial charge in [0, 0.05) is 24.3 Å². The van der Waals surface area contributed by atoms with Crippen LogP contribution in [0.3, 0.4) is 0 Å². The fourth-order valence-corrected chi connectivity index (χ4v) is 5.01. The molecule has 4 heterocycles. The maximum absolute atomic E-state index is 11.9. The summed E-state index contributed by atoms with van der Waals surface area (Å²) in [5.41, 5.74) is 5.48. The van der Waals surface area contributed by atoms with Crippen LogP contribution in [0.2, 0.25) is 0 Å². The first-order chi connectivity index (χ1) is 17.2. The maximum atomic E-state index is 11.9. The standard InChI is InChI=1S/C26H23N2O6S/c1-30-22-4-3-16-9-21-18-11-24-23(33-15-34-24)10-17(18)5-6-28(21)12-19(16)25(22)31-7-2-8-32-26(29)20-13-35-14-27-20/h3-4,9-14H,2,5-8,15H2,1H3/q+1. The number of pyridine rings is 1. The van der Waals surface area contributed by atoms with Crippen LogP contribution in [0.1, 0.15) is 22.5 Å². The molecule has 8 nitrogen and oxygen atoms in total. The average Bonchev–Trinajstić information content (AvgIpc) is 3.58. The molecular formula is C26H23N2O6S+. The number of carbonyl (C=O) groups excluding carboxylic acids is 1. The molecule has 4 aromatic rings. The van der Waals surface area contributed by atoms with Crippen molar-refractivity contribution in [2.75, 3.05) is 27.1 Å². The molecule has 2 aromatic carbocycles. The Morgan fingerprint density at radius 3 is 2.89 bits per heavy atom. The van der Waals surface area contributed by atoms with Gasteiger partial charge in [0.15, 0.2) is 41.4 Å². The molecule has 0 fully saturated rings. The number of ether oxygens (including phenoxy) is 5. The van der Waals surface area contributed by atoms with E-state index in [4.69, 9.17) is 23.7 Å². The van der Waals surface area contributed by atoms with Gasteiger partial charge in [-0.1, -0.05) is 0 Å². The van der Waals surface area contributed by atoms with E-state index in [2.05, 4.69) is 33.9 Å². The van der Waals surface area contributed by atoms with Gasteiger partial charge in [0.2, 0.25) is 12.5 Å². The van der Waals surface area contributed by atoms with Crippen LogP contribution in [0.4, 0.5) is 0 Å². The van der Waals surface area contributed by atoms with E-state index in [1.807, 2.05) is 12.1 Å². The van der Waals surface area contributed by atoms with Gasteiger partial charge in [-0.25, -0.2) is 9.78 Å². The van der Waals surface area contributed by atoms with Gasteiger partial charge in [-0.3, -0.25) is 0 Å². The summed E-state index contributed by atoms with van der Waals surface area (Å²) in [7, 11) is 1.63. The van der Waals surface area contributed by atoms with Gasteiger partial charge in [-0.05, 0) is 35.2 Å². The predicted octanol–water partition coefficient (Wildman–Crippen LogP) is 4.17. The molecule has 9 heteroatoms. The highest BCUT2D eigenvalue weighted by Gasteiger charge is 2.28. The number of methoxy groups -OCH3 is 1. The topological polar surface area (TPSA) is 80.0 Å². The second-order valence-electron chi connectivity index (χ2n) is 8.28. The zero-order valence-electron chi connectivity index (χ0n) is 19.1. The Bertz CT molecular complexity index is 1420. The highest BCUT2D eigenvalue weighted by Crippen LogP contribution is 2.41. The number of nitrogens with zero attached hydrogens (tertiary/aromatic N) is 2. The zero-order valence-corrected chi connectivity index (χ0v) is 19.9. The van der Waals surface area contributed by atoms with Crippen LogP contribution in [-0.2, 0) is 17.7 Å². The van der Waals surface area contributed by atoms with Crippen molar-refractivity contribution in [3.63, 3.8) is 0 Å². The maximum Gasteiger partial charge on any atom is 0.357 e. The molecule has 0 saturated carbocycles. The summed E-state index contributed by atoms with van der Waals surface area (Å²) in [6.07, 6.45) is 3.58. The third kappa shape index (κ3) is 4.01. The molecule has 0 aliphatic carbocycles. The Morgan fingerprint density at radius 1 is 1.17 bits per heavy atom. The first kappa shape index (κ1) is 21.7. The molecule has 0 amide bonds. The van der Waals surface area contributed by atoms with Crippen LogP contribution in [0, 0.1) is 0 Å². The number of hydrogen-bond donors (Lipinski definition) is 0. The number of esters is 1. The van der Waals surface area contributed by atoms with E-state index in [0.29, 0.717) is 30.2 Å². The second kappa shape index (κ2) is 9.07. The van der Waals surface area contributed by atoms with Crippen molar-refractivity contribution >= 4 is 28.1 Å². The van der Waals surface area contributed by atoms with Gasteiger partial charge < -0.3 is 23.7 Å². The molecule has 35 heavy (non-hydrogen) atoms. The number of thiazole rings is 1. The van der Waals surface area contributed by atoms with E-state index in [0.717, 1.165) is 46.5 Å². The van der Waals surface area contributed by atoms with E-state index in [1.54, 1.807) is 18.0 Å². The molecule has 6 rings (SSSR count). The Balaban J connectivity index is 1.24. The van der Waals surface area contributed by atoms with E-state index in [1.165, 1.54) is 16.9 Å². The smallest absolute Gasteiger partial charge is 0.357 e. The number of carbonyl (C=O) groups is 1. The molecule has 0 radical (unpaired) electrons. The highest BCUT2D eigenvalue weighted by molar-refractivity contribution is 7.07. The van der Waals surface area contributed by atoms with E-state index in [9.17, 15) is 4.79 Å². The van der Waals surface area contributed by atoms with Crippen LogP contribution in [0.15, 0.2) is 47.4 Å². The minimum Gasteiger partial charge on any atom is -0.493 e. The molecule has 0 spiro atoms. The fraction of sp³-hybridized carbons (Fsp3) is 0.269. The lowest BCUT2D eigenvalue weighted by molar-refractivity contribution is -0.686. The van der Waals surface area contributed by atoms with Crippen LogP contribution in [0.5, 0.6) is 23.0 Å². The van der Waals surface area contributed by atoms with Crippen LogP contribution in [0.25, 0.3) is 22.0 Å². The van der Waals surface area contributed by atoms with Crippen molar-refractivity contribution in [1.29, 1.82) is 0 Å². The Morgan fingerprint density at radius 2 is 2.06 bits per heavy atom. The number of aryl methyl sites for hydroxylation is 2. The lowest BCUT2D eigenvalue weighted by Gasteiger charge is -2.18. The highest BCUT2D eigenvalue weighted by atomic mass is 32.1. The third-order valence-corrected chi connectivity index (χ3v) is 6.79. The van der Waals surface area contributed by atoms with Crippen molar-refractivity contribution in [2.45, 2.75) is 19.4 Å². The Labute approximate surface area is 205 Å². The molecule has 2 aliphatic heterocycles. The van der Waals surface area contributed by atoms with Gasteiger partial charge in [0.1, 0.15) is 0 Å². The second-order valence-corrected chi connectivity index (χ2v) is 8.99. The summed E-state index contributed by atoms with van der Waals surface area (Å²) in [5.74, 6) is 2.53. The minimum atomic E-state index is -0.417. The van der Waals surface area contributed by atoms with Crippen molar-refractivity contribution in [3.8, 4) is 34.3 Å². The van der Waals surface area contributed by atoms with Gasteiger partial charge in [0.05, 0.1) is 36.8 Å². The molecule has 0 unspecified atom stereocenters. The molecule has 2 aromatic heterocycles. The number of hydrogen-bond acceptors (Lipinski definition) is 8. The summed E-state index contributed by atoms with van der Waals surface area (Å²) in [6, 6.07) is 10.3. The van der Waals surface area contributed by atoms with Crippen LogP contribution in [-0.4, -0.2) is 38.1 Å². The number of rotatable bonds is 7. The first-order valence-corrected chi connectivity index (χ1v) is 12.3. The number of aromatic nitrogens is 2. The van der Waals surface area contributed by atoms with Gasteiger partial charge in [-0.2, -0.15) is 4.57 Å². The van der Waals surface area contributed by atoms with Gasteiger partial charge >= 0.3 is 5.97 Å². The predicted molar refractivity (Wildman–Crippen MR) is 128 cm³/mol. The SMILES string of the molecule is COc1ccc2cc3[n+](cc2c1OCCCOC(=O)c1cscn1)CCc1cc2c(cc1-3)OCO2. The van der Waals surface area contributed by atoms with Crippen molar-refractivity contribution in [3.05, 3.63) is 58.7 Å². The van der Waals surface area contributed by atoms with E-state index in [-0.39, 0.29) is 13.4 Å². The normalized spacial score (nSPS) is 13.3. The van der Waals surface area contributed by atoms with Crippen molar-refractivity contribution < 1.29 is 33.0 Å². The van der Waals surface area contributed by atoms with Crippen molar-refractivity contribution in [2.24, 2.45) is 0 Å². The third-order valence-electron chi connectivity index (χ3n) is 6.21. The Kier molecular flexibility index (Phi) is 5.61. The molecule has 0 saturated heterocycles. The minimum absolute atomic E-state index is 0.250. The molecule has 2 aliphatic rings. The van der Waals surface area contributed by atoms with Gasteiger partial charge in [-0.15, -0.1) is 11.3 Å². The van der Waals surface area contributed by atoms with E-state index >= 15 is 0 Å². The molecule has 0 N–H and O–H groups in total. The summed E-state index contributed by atoms with van der Waals surface area (Å²) in [5, 5.41) is 3.69. The number of benzene rings is 2. The zero-order chi connectivity index (χ0) is 23.8. The molecule has 178 valence electrons. The lowest BCUT2D eigenvalue weighted by atomic mass is 9.95. The molecule has 0 bridgehead atoms. The Hall–Kier alpha value is -3.85. The summed E-state index contributed by atoms with van der Waals surface area (Å²) in [4.78, 5) is 15.9. The molecule has 0 atom stereocenters. The van der Waals surface area contributed by atoms with Crippen LogP contribution >= 0.6 is 11.3 Å². The summed E-state index contributed by atoms with van der Waals surface area (Å²) < 4.78 is 30.4. The average molecular weight is 492 g/mol. The fourth-order valence-electron chi connectivity index (χ4n) is 4.49. The molecular weight excluding hydrogens is 468 g/mol. The van der Waals surface area contributed by atoms with Gasteiger partial charge in [0.25, 0.3) is 0 Å². The number of fused-ring (bicyclic) bond motifs is 5. The summed E-state index contributed by atoms with van der Waals surface area (Å²) >= 11 is 1.36. The first-order valence-electron chi connectivity index (χ1n) is 11.4. The lowest BCUT2D eigenvalue weighted by Crippen LogP contribution is -2.40. The van der Waals surface area contributed by atoms with E-state index < -0.39 is 5.97 Å². The summed E-state index contributed by atoms with van der Waals surface area (Å²) in [6.45, 7) is 1.75. The van der Waals surface area contributed by atoms with Crippen molar-refractivity contribution in [1.82, 2.24) is 4.98 Å². The van der Waals surface area contributed by atoms with Crippen LogP contribution < -0.4 is 23.5 Å².